The van der Waals surface area contributed by atoms with Gasteiger partial charge < -0.3 is 11.1 Å². The van der Waals surface area contributed by atoms with Crippen molar-refractivity contribution in [2.24, 2.45) is 5.73 Å². The summed E-state index contributed by atoms with van der Waals surface area (Å²) in [5.74, 6) is 0.636. The molecule has 2 unspecified atom stereocenters. The first-order valence-electron chi connectivity index (χ1n) is 13.4. The van der Waals surface area contributed by atoms with E-state index < -0.39 is 8.69 Å². The van der Waals surface area contributed by atoms with Crippen molar-refractivity contribution in [3.8, 4) is 0 Å². The number of rotatable bonds is 8. The minimum absolute atomic E-state index is 0.105. The lowest BCUT2D eigenvalue weighted by Crippen LogP contribution is -2.11. The molecule has 1 saturated heterocycles. The van der Waals surface area contributed by atoms with Gasteiger partial charge in [0, 0.05) is 44.9 Å². The van der Waals surface area contributed by atoms with Crippen molar-refractivity contribution in [1.82, 2.24) is 0 Å². The monoisotopic (exact) mass is 558 g/mol. The maximum Gasteiger partial charge on any atom is 0.186 e. The molecule has 3 aliphatic rings. The van der Waals surface area contributed by atoms with E-state index in [1.54, 1.807) is 12.2 Å². The number of carbonyl (C=O) groups excluding carboxylic acids is 1. The van der Waals surface area contributed by atoms with Crippen molar-refractivity contribution in [1.29, 1.82) is 5.41 Å². The number of nitrogens with two attached hydrogens (primary N) is 1. The van der Waals surface area contributed by atoms with Crippen LogP contribution in [0.3, 0.4) is 0 Å². The van der Waals surface area contributed by atoms with Crippen LogP contribution in [-0.2, 0) is 19.9 Å². The largest absolute Gasteiger partial charge is 0.398 e. The van der Waals surface area contributed by atoms with E-state index in [4.69, 9.17) is 11.1 Å². The van der Waals surface area contributed by atoms with Gasteiger partial charge in [-0.1, -0.05) is 60.5 Å². The van der Waals surface area contributed by atoms with E-state index in [1.165, 1.54) is 0 Å². The highest BCUT2D eigenvalue weighted by Gasteiger charge is 2.57. The van der Waals surface area contributed by atoms with Gasteiger partial charge in [-0.3, -0.25) is 9.00 Å². The Kier molecular flexibility index (Phi) is 8.01. The van der Waals surface area contributed by atoms with Crippen LogP contribution in [0.1, 0.15) is 53.0 Å². The second-order valence-corrected chi connectivity index (χ2v) is 17.9. The third-order valence-corrected chi connectivity index (χ3v) is 14.5. The molecule has 6 heteroatoms. The number of allylic oxidation sites excluding steroid dienone is 12. The molecule has 0 aromatic heterocycles. The minimum Gasteiger partial charge on any atom is -0.398 e. The van der Waals surface area contributed by atoms with E-state index >= 15 is 0 Å². The summed E-state index contributed by atoms with van der Waals surface area (Å²) in [6, 6.07) is 7.98. The van der Waals surface area contributed by atoms with E-state index in [1.807, 2.05) is 76.3 Å². The summed E-state index contributed by atoms with van der Waals surface area (Å²) < 4.78 is 13.7. The van der Waals surface area contributed by atoms with Crippen molar-refractivity contribution in [3.63, 3.8) is 0 Å². The van der Waals surface area contributed by atoms with Crippen molar-refractivity contribution < 1.29 is 9.00 Å². The average Bonchev–Trinajstić information content (AvgIpc) is 3.57. The number of benzene rings is 1. The van der Waals surface area contributed by atoms with Crippen LogP contribution >= 0.6 is 8.44 Å². The average molecular weight is 559 g/mol. The molecule has 2 atom stereocenters. The topological polar surface area (TPSA) is 84.0 Å². The van der Waals surface area contributed by atoms with Crippen molar-refractivity contribution in [3.05, 3.63) is 117 Å². The van der Waals surface area contributed by atoms with Crippen LogP contribution in [0.5, 0.6) is 0 Å². The lowest BCUT2D eigenvalue weighted by molar-refractivity contribution is -0.111. The zero-order valence-electron chi connectivity index (χ0n) is 23.6. The fourth-order valence-electron chi connectivity index (χ4n) is 5.23. The van der Waals surface area contributed by atoms with Gasteiger partial charge in [-0.05, 0) is 98.3 Å². The Morgan fingerprint density at radius 1 is 1.21 bits per heavy atom. The highest BCUT2D eigenvalue weighted by atomic mass is 32.8. The number of nitrogens with one attached hydrogen (secondary N) is 1. The molecule has 1 heterocycles. The highest BCUT2D eigenvalue weighted by molar-refractivity contribution is 8.61. The summed E-state index contributed by atoms with van der Waals surface area (Å²) in [6.07, 6.45) is 13.2. The molecule has 0 bridgehead atoms. The molecule has 0 saturated carbocycles. The Morgan fingerprint density at radius 2 is 1.95 bits per heavy atom. The first-order valence-corrected chi connectivity index (χ1v) is 17.1. The quantitative estimate of drug-likeness (QED) is 0.118. The molecule has 4 nitrogen and oxygen atoms in total. The molecule has 1 aromatic carbocycles. The van der Waals surface area contributed by atoms with Crippen molar-refractivity contribution in [2.45, 2.75) is 64.0 Å². The molecule has 1 aromatic rings. The van der Waals surface area contributed by atoms with E-state index in [0.29, 0.717) is 29.8 Å². The van der Waals surface area contributed by atoms with Gasteiger partial charge in [-0.15, -0.1) is 5.73 Å². The van der Waals surface area contributed by atoms with Crippen LogP contribution in [0, 0.1) is 5.41 Å². The van der Waals surface area contributed by atoms with Gasteiger partial charge in [-0.2, -0.15) is 0 Å². The number of carbonyl (C=O) groups is 1. The molecular weight excluding hydrogens is 519 g/mol. The molecule has 204 valence electrons. The summed E-state index contributed by atoms with van der Waals surface area (Å²) in [5.41, 5.74) is 17.5. The fourth-order valence-corrected chi connectivity index (χ4v) is 11.0. The van der Waals surface area contributed by atoms with Crippen LogP contribution in [0.2, 0.25) is 0 Å². The van der Waals surface area contributed by atoms with Gasteiger partial charge in [0.15, 0.2) is 5.78 Å². The van der Waals surface area contributed by atoms with Crippen LogP contribution in [-0.4, -0.2) is 26.7 Å². The van der Waals surface area contributed by atoms with Gasteiger partial charge in [0.2, 0.25) is 0 Å². The first kappa shape index (κ1) is 28.9. The number of ketones is 1. The standard InChI is InChI=1S/C33H39N2O2PS/c1-6-27-20-39(27,37,38)28-11-7-10-26(17-28)18-32(35)29-12-8-9-25(16-22(29)3)13-14-33(36)30-19-31(34)23(4)15-21(2)24(30)5/h7-11,13-14,16-17,19,27,35H,6,12,18,20,34,38H2,1-5H3/b14-13+,35-32?. The molecule has 0 amide bonds. The number of hydrogen-bond acceptors (Lipinski definition) is 4. The zero-order valence-corrected chi connectivity index (χ0v) is 25.5. The maximum atomic E-state index is 13.7. The van der Waals surface area contributed by atoms with Crippen LogP contribution in [0.15, 0.2) is 116 Å². The SMILES string of the molecule is CCC1CS1(=O)(P)c1cccc(CC(=N)C2=C(C)C=C(/C=C/C(=O)C3=C(C)C(C)=C=C(C)C(N)=C3)C=CC2)c1. The lowest BCUT2D eigenvalue weighted by Gasteiger charge is -2.21. The Balaban J connectivity index is 1.52. The smallest absolute Gasteiger partial charge is 0.186 e. The zero-order chi connectivity index (χ0) is 28.6. The van der Waals surface area contributed by atoms with Crippen molar-refractivity contribution in [2.75, 3.05) is 5.75 Å². The maximum absolute atomic E-state index is 13.7. The molecule has 2 aliphatic carbocycles. The second-order valence-electron chi connectivity index (χ2n) is 10.9. The highest BCUT2D eigenvalue weighted by Crippen LogP contribution is 2.61. The van der Waals surface area contributed by atoms with Crippen LogP contribution in [0.25, 0.3) is 0 Å². The Bertz CT molecular complexity index is 1610. The third-order valence-electron chi connectivity index (χ3n) is 8.04. The van der Waals surface area contributed by atoms with Gasteiger partial charge in [0.05, 0.1) is 0 Å². The third kappa shape index (κ3) is 5.92. The first-order chi connectivity index (χ1) is 18.3. The Labute approximate surface area is 234 Å². The number of hydrogen-bond donors (Lipinski definition) is 2. The fraction of sp³-hybridized carbons (Fsp3) is 0.303. The Hall–Kier alpha value is -3.10. The molecule has 1 fully saturated rings. The van der Waals surface area contributed by atoms with E-state index in [2.05, 4.69) is 21.1 Å². The molecule has 1 aliphatic heterocycles. The molecule has 0 spiro atoms. The summed E-state index contributed by atoms with van der Waals surface area (Å²) in [4.78, 5) is 14.0. The molecule has 39 heavy (non-hydrogen) atoms. The predicted octanol–water partition coefficient (Wildman–Crippen LogP) is 7.00. The van der Waals surface area contributed by atoms with E-state index in [-0.39, 0.29) is 11.0 Å². The summed E-state index contributed by atoms with van der Waals surface area (Å²) in [7, 11) is -0.124. The van der Waals surface area contributed by atoms with Gasteiger partial charge >= 0.3 is 0 Å². The Morgan fingerprint density at radius 3 is 2.64 bits per heavy atom. The van der Waals surface area contributed by atoms with Crippen LogP contribution < -0.4 is 5.73 Å². The summed E-state index contributed by atoms with van der Waals surface area (Å²) in [6.45, 7) is 9.85. The van der Waals surface area contributed by atoms with Gasteiger partial charge in [-0.25, -0.2) is 0 Å². The predicted molar refractivity (Wildman–Crippen MR) is 168 cm³/mol. The molecular formula is C33H39N2O2PS. The van der Waals surface area contributed by atoms with E-state index in [0.717, 1.165) is 56.1 Å². The van der Waals surface area contributed by atoms with Gasteiger partial charge in [0.1, 0.15) is 0 Å². The second kappa shape index (κ2) is 10.8. The van der Waals surface area contributed by atoms with Crippen LogP contribution in [0.4, 0.5) is 0 Å². The minimum atomic E-state index is -2.81. The summed E-state index contributed by atoms with van der Waals surface area (Å²) in [5, 5.41) is 9.12. The molecule has 0 radical (unpaired) electrons. The molecule has 4 rings (SSSR count). The summed E-state index contributed by atoms with van der Waals surface area (Å²) >= 11 is 0. The van der Waals surface area contributed by atoms with Gasteiger partial charge in [0.25, 0.3) is 0 Å². The van der Waals surface area contributed by atoms with E-state index in [9.17, 15) is 9.00 Å². The molecule has 3 N–H and O–H groups in total. The van der Waals surface area contributed by atoms with Crippen molar-refractivity contribution >= 4 is 28.6 Å². The lowest BCUT2D eigenvalue weighted by atomic mass is 9.96. The normalized spacial score (nSPS) is 23.1.